The molecule has 0 aliphatic rings. The summed E-state index contributed by atoms with van der Waals surface area (Å²) in [5.41, 5.74) is 0.676. The number of aryl methyl sites for hydroxylation is 1. The van der Waals surface area contributed by atoms with Crippen molar-refractivity contribution < 1.29 is 14.3 Å². The number of oxazole rings is 1. The second kappa shape index (κ2) is 6.23. The van der Waals surface area contributed by atoms with Gasteiger partial charge < -0.3 is 20.2 Å². The Hall–Kier alpha value is -2.28. The average molecular weight is 307 g/mol. The van der Waals surface area contributed by atoms with E-state index in [-0.39, 0.29) is 6.54 Å². The lowest BCUT2D eigenvalue weighted by molar-refractivity contribution is 0.0354. The summed E-state index contributed by atoms with van der Waals surface area (Å²) in [6.45, 7) is 3.91. The zero-order valence-corrected chi connectivity index (χ0v) is 13.0. The minimum absolute atomic E-state index is 0.175. The van der Waals surface area contributed by atoms with E-state index in [9.17, 15) is 14.7 Å². The Balaban J connectivity index is 2.04. The van der Waals surface area contributed by atoms with Gasteiger partial charge in [-0.15, -0.1) is 0 Å². The molecule has 1 aromatic heterocycles. The van der Waals surface area contributed by atoms with Gasteiger partial charge in [0.05, 0.1) is 11.1 Å². The molecule has 0 bridgehead atoms. The molecule has 0 unspecified atom stereocenters. The fourth-order valence-corrected chi connectivity index (χ4v) is 2.13. The summed E-state index contributed by atoms with van der Waals surface area (Å²) in [6, 6.07) is 4.55. The predicted octanol–water partition coefficient (Wildman–Crippen LogP) is 1.80. The van der Waals surface area contributed by atoms with Crippen LogP contribution in [0.3, 0.4) is 0 Å². The molecule has 2 rings (SSSR count). The highest BCUT2D eigenvalue weighted by molar-refractivity contribution is 5.91. The summed E-state index contributed by atoms with van der Waals surface area (Å²) in [7, 11) is 1.62. The van der Waals surface area contributed by atoms with Crippen LogP contribution in [0, 0.1) is 0 Å². The molecule has 3 N–H and O–H groups in total. The van der Waals surface area contributed by atoms with Gasteiger partial charge in [0.15, 0.2) is 5.58 Å². The van der Waals surface area contributed by atoms with Crippen molar-refractivity contribution in [1.29, 1.82) is 0 Å². The summed E-state index contributed by atoms with van der Waals surface area (Å²) in [5.74, 6) is -0.451. The van der Waals surface area contributed by atoms with E-state index in [0.29, 0.717) is 29.6 Å². The van der Waals surface area contributed by atoms with Crippen molar-refractivity contribution in [3.63, 3.8) is 0 Å². The standard InChI is InChI=1S/C15H21N3O4/c1-4-15(21,5-2)9-16-13(19)17-10-6-7-11-12(8-10)22-14(20)18(11)3/h6-8,21H,4-5,9H2,1-3H3,(H2,16,17,19). The van der Waals surface area contributed by atoms with E-state index in [1.807, 2.05) is 13.8 Å². The second-order valence-corrected chi connectivity index (χ2v) is 5.35. The lowest BCUT2D eigenvalue weighted by Gasteiger charge is -2.25. The molecule has 1 heterocycles. The topological polar surface area (TPSA) is 96.5 Å². The number of benzene rings is 1. The third kappa shape index (κ3) is 3.30. The van der Waals surface area contributed by atoms with Crippen molar-refractivity contribution in [1.82, 2.24) is 9.88 Å². The number of aliphatic hydroxyl groups is 1. The molecule has 0 saturated carbocycles. The van der Waals surface area contributed by atoms with E-state index in [1.54, 1.807) is 25.2 Å². The highest BCUT2D eigenvalue weighted by Crippen LogP contribution is 2.18. The summed E-state index contributed by atoms with van der Waals surface area (Å²) in [5, 5.41) is 15.4. The number of anilines is 1. The maximum absolute atomic E-state index is 11.9. The van der Waals surface area contributed by atoms with Crippen LogP contribution in [0.1, 0.15) is 26.7 Å². The van der Waals surface area contributed by atoms with E-state index in [2.05, 4.69) is 10.6 Å². The van der Waals surface area contributed by atoms with Gasteiger partial charge in [-0.3, -0.25) is 4.57 Å². The van der Waals surface area contributed by atoms with E-state index in [0.717, 1.165) is 0 Å². The van der Waals surface area contributed by atoms with Gasteiger partial charge >= 0.3 is 11.8 Å². The number of carbonyl (C=O) groups is 1. The van der Waals surface area contributed by atoms with Gasteiger partial charge in [0.25, 0.3) is 0 Å². The first-order valence-corrected chi connectivity index (χ1v) is 7.25. The molecule has 2 aromatic rings. The molecule has 0 spiro atoms. The quantitative estimate of drug-likeness (QED) is 0.784. The molecule has 0 aliphatic carbocycles. The van der Waals surface area contributed by atoms with Crippen LogP contribution in [-0.2, 0) is 7.05 Å². The van der Waals surface area contributed by atoms with E-state index >= 15 is 0 Å². The lowest BCUT2D eigenvalue weighted by Crippen LogP contribution is -2.43. The first-order chi connectivity index (χ1) is 10.4. The number of nitrogens with one attached hydrogen (secondary N) is 2. The summed E-state index contributed by atoms with van der Waals surface area (Å²) in [6.07, 6.45) is 1.12. The first kappa shape index (κ1) is 16.1. The zero-order valence-electron chi connectivity index (χ0n) is 13.0. The Kier molecular flexibility index (Phi) is 4.56. The number of nitrogens with zero attached hydrogens (tertiary/aromatic N) is 1. The summed E-state index contributed by atoms with van der Waals surface area (Å²) in [4.78, 5) is 23.3. The van der Waals surface area contributed by atoms with Crippen molar-refractivity contribution in [3.8, 4) is 0 Å². The molecule has 120 valence electrons. The Bertz CT molecular complexity index is 728. The molecular weight excluding hydrogens is 286 g/mol. The molecule has 0 radical (unpaired) electrons. The fourth-order valence-electron chi connectivity index (χ4n) is 2.13. The van der Waals surface area contributed by atoms with Crippen LogP contribution in [0.4, 0.5) is 10.5 Å². The first-order valence-electron chi connectivity index (χ1n) is 7.25. The monoisotopic (exact) mass is 307 g/mol. The molecule has 0 fully saturated rings. The SMILES string of the molecule is CCC(O)(CC)CNC(=O)Nc1ccc2c(c1)oc(=O)n2C. The van der Waals surface area contributed by atoms with Crippen molar-refractivity contribution in [2.24, 2.45) is 7.05 Å². The van der Waals surface area contributed by atoms with Gasteiger partial charge in [0.2, 0.25) is 0 Å². The number of carbonyl (C=O) groups excluding carboxylic acids is 1. The van der Waals surface area contributed by atoms with Gasteiger partial charge in [0.1, 0.15) is 0 Å². The molecular formula is C15H21N3O4. The van der Waals surface area contributed by atoms with Crippen LogP contribution >= 0.6 is 0 Å². The van der Waals surface area contributed by atoms with Crippen LogP contribution in [0.25, 0.3) is 11.1 Å². The van der Waals surface area contributed by atoms with E-state index in [4.69, 9.17) is 4.42 Å². The molecule has 2 amide bonds. The van der Waals surface area contributed by atoms with Gasteiger partial charge in [0, 0.05) is 25.3 Å². The Morgan fingerprint density at radius 1 is 1.36 bits per heavy atom. The predicted molar refractivity (Wildman–Crippen MR) is 84.0 cm³/mol. The smallest absolute Gasteiger partial charge is 0.408 e. The number of amides is 2. The normalized spacial score (nSPS) is 11.6. The molecule has 7 nitrogen and oxygen atoms in total. The molecule has 7 heteroatoms. The van der Waals surface area contributed by atoms with Crippen LogP contribution in [0.15, 0.2) is 27.4 Å². The van der Waals surface area contributed by atoms with Crippen molar-refractivity contribution >= 4 is 22.8 Å². The molecule has 0 aliphatic heterocycles. The largest absolute Gasteiger partial charge is 0.419 e. The Labute approximate surface area is 127 Å². The number of rotatable bonds is 5. The minimum atomic E-state index is -0.895. The third-order valence-electron chi connectivity index (χ3n) is 3.94. The number of hydrogen-bond acceptors (Lipinski definition) is 4. The van der Waals surface area contributed by atoms with Gasteiger partial charge in [-0.2, -0.15) is 0 Å². The number of hydrogen-bond donors (Lipinski definition) is 3. The van der Waals surface area contributed by atoms with Crippen molar-refractivity contribution in [3.05, 3.63) is 28.7 Å². The van der Waals surface area contributed by atoms with Crippen LogP contribution in [0.2, 0.25) is 0 Å². The zero-order chi connectivity index (χ0) is 16.3. The number of fused-ring (bicyclic) bond motifs is 1. The second-order valence-electron chi connectivity index (χ2n) is 5.35. The van der Waals surface area contributed by atoms with Crippen LogP contribution in [0.5, 0.6) is 0 Å². The summed E-state index contributed by atoms with van der Waals surface area (Å²) < 4.78 is 6.46. The molecule has 22 heavy (non-hydrogen) atoms. The average Bonchev–Trinajstić information content (AvgIpc) is 2.79. The number of aromatic nitrogens is 1. The minimum Gasteiger partial charge on any atom is -0.408 e. The highest BCUT2D eigenvalue weighted by atomic mass is 16.4. The fraction of sp³-hybridized carbons (Fsp3) is 0.467. The van der Waals surface area contributed by atoms with Crippen molar-refractivity contribution in [2.45, 2.75) is 32.3 Å². The lowest BCUT2D eigenvalue weighted by atomic mass is 9.98. The van der Waals surface area contributed by atoms with Crippen LogP contribution < -0.4 is 16.4 Å². The Morgan fingerprint density at radius 3 is 2.68 bits per heavy atom. The van der Waals surface area contributed by atoms with Gasteiger partial charge in [-0.1, -0.05) is 13.8 Å². The Morgan fingerprint density at radius 2 is 2.05 bits per heavy atom. The number of urea groups is 1. The van der Waals surface area contributed by atoms with Crippen molar-refractivity contribution in [2.75, 3.05) is 11.9 Å². The molecule has 0 saturated heterocycles. The maximum Gasteiger partial charge on any atom is 0.419 e. The van der Waals surface area contributed by atoms with E-state index in [1.165, 1.54) is 4.57 Å². The highest BCUT2D eigenvalue weighted by Gasteiger charge is 2.22. The molecule has 0 atom stereocenters. The molecule has 1 aromatic carbocycles. The van der Waals surface area contributed by atoms with Gasteiger partial charge in [-0.25, -0.2) is 9.59 Å². The third-order valence-corrected chi connectivity index (χ3v) is 3.94. The summed E-state index contributed by atoms with van der Waals surface area (Å²) >= 11 is 0. The maximum atomic E-state index is 11.9. The van der Waals surface area contributed by atoms with E-state index < -0.39 is 17.4 Å². The van der Waals surface area contributed by atoms with Gasteiger partial charge in [-0.05, 0) is 25.0 Å². The van der Waals surface area contributed by atoms with Crippen LogP contribution in [-0.4, -0.2) is 27.9 Å².